The number of benzene rings is 1. The molecular weight excluding hydrogens is 245 g/mol. The molecule has 0 spiro atoms. The molecule has 0 saturated carbocycles. The van der Waals surface area contributed by atoms with Crippen molar-refractivity contribution in [1.82, 2.24) is 0 Å². The van der Waals surface area contributed by atoms with Crippen LogP contribution in [0.5, 0.6) is 0 Å². The molecule has 0 fully saturated rings. The maximum atomic E-state index is 12.5. The maximum Gasteiger partial charge on any atom is 0.416 e. The number of aryl methyl sites for hydroxylation is 1. The molecule has 0 bridgehead atoms. The van der Waals surface area contributed by atoms with E-state index in [-0.39, 0.29) is 12.2 Å². The van der Waals surface area contributed by atoms with Gasteiger partial charge in [-0.15, -0.1) is 0 Å². The molecule has 0 N–H and O–H groups in total. The Morgan fingerprint density at radius 3 is 2.61 bits per heavy atom. The van der Waals surface area contributed by atoms with Gasteiger partial charge in [-0.1, -0.05) is 12.0 Å². The summed E-state index contributed by atoms with van der Waals surface area (Å²) in [6, 6.07) is 3.21. The molecule has 0 heterocycles. The fourth-order valence-corrected chi connectivity index (χ4v) is 1.22. The summed E-state index contributed by atoms with van der Waals surface area (Å²) in [5, 5.41) is 0. The molecule has 96 valence electrons. The molecule has 2 nitrogen and oxygen atoms in total. The fraction of sp³-hybridized carbons (Fsp3) is 0.308. The minimum absolute atomic E-state index is 0.165. The summed E-state index contributed by atoms with van der Waals surface area (Å²) >= 11 is 0. The molecule has 0 aromatic heterocycles. The standard InChI is InChI=1S/C13H11F3O2/c1-3-18-12(17)7-5-10-8-11(13(14,15)16)6-4-9(10)2/h4,6,8H,3H2,1-2H3. The van der Waals surface area contributed by atoms with E-state index in [1.807, 2.05) is 0 Å². The fourth-order valence-electron chi connectivity index (χ4n) is 1.22. The van der Waals surface area contributed by atoms with Crippen molar-refractivity contribution in [3.8, 4) is 11.8 Å². The van der Waals surface area contributed by atoms with E-state index in [9.17, 15) is 18.0 Å². The molecule has 0 amide bonds. The van der Waals surface area contributed by atoms with Crippen LogP contribution < -0.4 is 0 Å². The first-order chi connectivity index (χ1) is 8.34. The van der Waals surface area contributed by atoms with E-state index in [2.05, 4.69) is 16.6 Å². The Morgan fingerprint density at radius 1 is 1.39 bits per heavy atom. The molecule has 0 radical (unpaired) electrons. The number of rotatable bonds is 1. The van der Waals surface area contributed by atoms with E-state index >= 15 is 0 Å². The third-order valence-electron chi connectivity index (χ3n) is 2.14. The van der Waals surface area contributed by atoms with Gasteiger partial charge in [-0.25, -0.2) is 4.79 Å². The Labute approximate surface area is 103 Å². The van der Waals surface area contributed by atoms with E-state index in [1.54, 1.807) is 13.8 Å². The molecule has 1 aromatic rings. The molecule has 0 aliphatic carbocycles. The summed E-state index contributed by atoms with van der Waals surface area (Å²) in [5.41, 5.74) is -0.0565. The van der Waals surface area contributed by atoms with E-state index in [0.29, 0.717) is 5.56 Å². The van der Waals surface area contributed by atoms with Crippen molar-refractivity contribution in [2.24, 2.45) is 0 Å². The van der Waals surface area contributed by atoms with Crippen molar-refractivity contribution in [3.05, 3.63) is 34.9 Å². The minimum atomic E-state index is -4.42. The number of hydrogen-bond acceptors (Lipinski definition) is 2. The van der Waals surface area contributed by atoms with Gasteiger partial charge in [-0.05, 0) is 31.5 Å². The third-order valence-corrected chi connectivity index (χ3v) is 2.14. The van der Waals surface area contributed by atoms with Crippen molar-refractivity contribution in [2.45, 2.75) is 20.0 Å². The Kier molecular flexibility index (Phi) is 4.38. The Balaban J connectivity index is 3.06. The normalized spacial score (nSPS) is 10.5. The van der Waals surface area contributed by atoms with Gasteiger partial charge in [-0.3, -0.25) is 0 Å². The van der Waals surface area contributed by atoms with Crippen LogP contribution in [0, 0.1) is 18.8 Å². The maximum absolute atomic E-state index is 12.5. The lowest BCUT2D eigenvalue weighted by Crippen LogP contribution is -2.05. The number of hydrogen-bond donors (Lipinski definition) is 0. The first-order valence-corrected chi connectivity index (χ1v) is 5.21. The third kappa shape index (κ3) is 3.81. The smallest absolute Gasteiger partial charge is 0.416 e. The zero-order valence-electron chi connectivity index (χ0n) is 9.89. The highest BCUT2D eigenvalue weighted by atomic mass is 19.4. The van der Waals surface area contributed by atoms with Crippen LogP contribution in [0.3, 0.4) is 0 Å². The van der Waals surface area contributed by atoms with E-state index in [1.165, 1.54) is 6.07 Å². The number of ether oxygens (including phenoxy) is 1. The van der Waals surface area contributed by atoms with Gasteiger partial charge in [0.1, 0.15) is 0 Å². The summed E-state index contributed by atoms with van der Waals surface area (Å²) in [6.45, 7) is 3.42. The summed E-state index contributed by atoms with van der Waals surface area (Å²) < 4.78 is 42.0. The van der Waals surface area contributed by atoms with Crippen molar-refractivity contribution >= 4 is 5.97 Å². The zero-order valence-corrected chi connectivity index (χ0v) is 9.89. The van der Waals surface area contributed by atoms with Crippen molar-refractivity contribution in [2.75, 3.05) is 6.61 Å². The van der Waals surface area contributed by atoms with Crippen molar-refractivity contribution in [1.29, 1.82) is 0 Å². The lowest BCUT2D eigenvalue weighted by molar-refractivity contribution is -0.138. The van der Waals surface area contributed by atoms with Crippen LogP contribution in [0.4, 0.5) is 13.2 Å². The molecule has 1 aromatic carbocycles. The van der Waals surface area contributed by atoms with Crippen LogP contribution in [0.25, 0.3) is 0 Å². The monoisotopic (exact) mass is 256 g/mol. The van der Waals surface area contributed by atoms with Crippen LogP contribution in [0.1, 0.15) is 23.6 Å². The number of carbonyl (C=O) groups excluding carboxylic acids is 1. The van der Waals surface area contributed by atoms with Crippen molar-refractivity contribution in [3.63, 3.8) is 0 Å². The molecule has 0 aliphatic heterocycles. The average Bonchev–Trinajstić information content (AvgIpc) is 2.26. The molecule has 18 heavy (non-hydrogen) atoms. The summed E-state index contributed by atoms with van der Waals surface area (Å²) in [4.78, 5) is 11.0. The lowest BCUT2D eigenvalue weighted by Gasteiger charge is -2.07. The number of carbonyl (C=O) groups is 1. The Bertz CT molecular complexity index is 507. The highest BCUT2D eigenvalue weighted by Crippen LogP contribution is 2.30. The Hall–Kier alpha value is -1.96. The topological polar surface area (TPSA) is 26.3 Å². The molecule has 5 heteroatoms. The molecule has 0 aliphatic rings. The second-order valence-corrected chi connectivity index (χ2v) is 3.50. The van der Waals surface area contributed by atoms with Gasteiger partial charge in [0.05, 0.1) is 12.2 Å². The largest absolute Gasteiger partial charge is 0.456 e. The summed E-state index contributed by atoms with van der Waals surface area (Å²) in [6.07, 6.45) is -4.42. The SMILES string of the molecule is CCOC(=O)C#Cc1cc(C(F)(F)F)ccc1C. The quantitative estimate of drug-likeness (QED) is 0.570. The average molecular weight is 256 g/mol. The predicted molar refractivity (Wildman–Crippen MR) is 59.7 cm³/mol. The van der Waals surface area contributed by atoms with Crippen molar-refractivity contribution < 1.29 is 22.7 Å². The van der Waals surface area contributed by atoms with Crippen LogP contribution >= 0.6 is 0 Å². The first kappa shape index (κ1) is 14.1. The van der Waals surface area contributed by atoms with Crippen LogP contribution in [-0.4, -0.2) is 12.6 Å². The molecule has 0 unspecified atom stereocenters. The minimum Gasteiger partial charge on any atom is -0.456 e. The highest BCUT2D eigenvalue weighted by molar-refractivity contribution is 5.89. The van der Waals surface area contributed by atoms with Gasteiger partial charge in [0.25, 0.3) is 0 Å². The van der Waals surface area contributed by atoms with Gasteiger partial charge < -0.3 is 4.74 Å². The van der Waals surface area contributed by atoms with Crippen LogP contribution in [0.15, 0.2) is 18.2 Å². The highest BCUT2D eigenvalue weighted by Gasteiger charge is 2.30. The predicted octanol–water partition coefficient (Wildman–Crippen LogP) is 2.93. The molecule has 1 rings (SSSR count). The second kappa shape index (κ2) is 5.58. The van der Waals surface area contributed by atoms with Gasteiger partial charge in [-0.2, -0.15) is 13.2 Å². The first-order valence-electron chi connectivity index (χ1n) is 5.21. The van der Waals surface area contributed by atoms with Crippen LogP contribution in [-0.2, 0) is 15.7 Å². The summed E-state index contributed by atoms with van der Waals surface area (Å²) in [5.74, 6) is 3.77. The lowest BCUT2D eigenvalue weighted by atomic mass is 10.1. The Morgan fingerprint density at radius 2 is 2.06 bits per heavy atom. The summed E-state index contributed by atoms with van der Waals surface area (Å²) in [7, 11) is 0. The van der Waals surface area contributed by atoms with Gasteiger partial charge in [0.15, 0.2) is 0 Å². The molecule has 0 atom stereocenters. The number of halogens is 3. The van der Waals surface area contributed by atoms with Gasteiger partial charge in [0.2, 0.25) is 0 Å². The van der Waals surface area contributed by atoms with Crippen LogP contribution in [0.2, 0.25) is 0 Å². The number of esters is 1. The van der Waals surface area contributed by atoms with Gasteiger partial charge >= 0.3 is 12.1 Å². The molecule has 0 saturated heterocycles. The van der Waals surface area contributed by atoms with E-state index in [0.717, 1.165) is 12.1 Å². The number of alkyl halides is 3. The van der Waals surface area contributed by atoms with Gasteiger partial charge in [0, 0.05) is 11.5 Å². The van der Waals surface area contributed by atoms with E-state index in [4.69, 9.17) is 0 Å². The zero-order chi connectivity index (χ0) is 13.8. The van der Waals surface area contributed by atoms with E-state index < -0.39 is 17.7 Å². The molecular formula is C13H11F3O2. The second-order valence-electron chi connectivity index (χ2n) is 3.50.